The van der Waals surface area contributed by atoms with Crippen molar-refractivity contribution in [2.45, 2.75) is 6.04 Å². The molecule has 2 rings (SSSR count). The second kappa shape index (κ2) is 3.63. The molecule has 1 aromatic heterocycles. The molecule has 1 fully saturated rings. The van der Waals surface area contributed by atoms with Gasteiger partial charge in [-0.05, 0) is 6.07 Å². The van der Waals surface area contributed by atoms with E-state index in [0.29, 0.717) is 4.73 Å². The molecule has 0 atom stereocenters. The first-order chi connectivity index (χ1) is 6.77. The highest BCUT2D eigenvalue weighted by molar-refractivity contribution is 5.91. The zero-order valence-electron chi connectivity index (χ0n) is 7.56. The molecular weight excluding hydrogens is 182 g/mol. The molecule has 1 aliphatic heterocycles. The van der Waals surface area contributed by atoms with Gasteiger partial charge in [-0.15, -0.1) is 0 Å². The standard InChI is InChI=1S/C9H11N3O2/c13-9(11-7-5-10-6-7)8-3-1-2-4-12(8)14/h1-4,7,10H,5-6H2,(H,11,13). The molecule has 0 bridgehead atoms. The molecule has 1 aliphatic rings. The lowest BCUT2D eigenvalue weighted by Gasteiger charge is -2.27. The highest BCUT2D eigenvalue weighted by atomic mass is 16.5. The topological polar surface area (TPSA) is 68.1 Å². The van der Waals surface area contributed by atoms with Crippen LogP contribution in [-0.2, 0) is 0 Å². The third-order valence-electron chi connectivity index (χ3n) is 2.17. The van der Waals surface area contributed by atoms with Crippen molar-refractivity contribution in [2.75, 3.05) is 13.1 Å². The van der Waals surface area contributed by atoms with Crippen LogP contribution in [0.5, 0.6) is 0 Å². The van der Waals surface area contributed by atoms with Gasteiger partial charge < -0.3 is 15.8 Å². The van der Waals surface area contributed by atoms with Crippen LogP contribution in [0.2, 0.25) is 0 Å². The Hall–Kier alpha value is -1.62. The van der Waals surface area contributed by atoms with Gasteiger partial charge in [0.1, 0.15) is 0 Å². The van der Waals surface area contributed by atoms with Gasteiger partial charge >= 0.3 is 5.91 Å². The Labute approximate surface area is 81.3 Å². The number of carbonyl (C=O) groups excluding carboxylic acids is 1. The highest BCUT2D eigenvalue weighted by Crippen LogP contribution is 1.95. The molecule has 1 amide bonds. The summed E-state index contributed by atoms with van der Waals surface area (Å²) in [6, 6.07) is 4.92. The second-order valence-corrected chi connectivity index (χ2v) is 3.24. The molecule has 5 nitrogen and oxygen atoms in total. The van der Waals surface area contributed by atoms with Crippen LogP contribution in [0, 0.1) is 5.21 Å². The number of aromatic nitrogens is 1. The minimum absolute atomic E-state index is 0.138. The van der Waals surface area contributed by atoms with E-state index < -0.39 is 0 Å². The van der Waals surface area contributed by atoms with Crippen molar-refractivity contribution in [3.63, 3.8) is 0 Å². The minimum atomic E-state index is -0.313. The van der Waals surface area contributed by atoms with E-state index in [1.807, 2.05) is 0 Å². The van der Waals surface area contributed by atoms with Crippen molar-refractivity contribution >= 4 is 5.91 Å². The van der Waals surface area contributed by atoms with Gasteiger partial charge in [0.2, 0.25) is 0 Å². The smallest absolute Gasteiger partial charge is 0.317 e. The summed E-state index contributed by atoms with van der Waals surface area (Å²) in [7, 11) is 0. The molecule has 1 aromatic rings. The molecule has 0 unspecified atom stereocenters. The van der Waals surface area contributed by atoms with Crippen molar-refractivity contribution in [2.24, 2.45) is 0 Å². The van der Waals surface area contributed by atoms with E-state index in [-0.39, 0.29) is 17.6 Å². The van der Waals surface area contributed by atoms with E-state index >= 15 is 0 Å². The first kappa shape index (κ1) is 8.96. The van der Waals surface area contributed by atoms with Gasteiger partial charge in [-0.1, -0.05) is 0 Å². The highest BCUT2D eigenvalue weighted by Gasteiger charge is 2.22. The largest absolute Gasteiger partial charge is 0.618 e. The summed E-state index contributed by atoms with van der Waals surface area (Å²) in [6.07, 6.45) is 1.31. The molecule has 0 saturated carbocycles. The molecule has 0 aromatic carbocycles. The molecule has 0 radical (unpaired) electrons. The number of hydrogen-bond acceptors (Lipinski definition) is 3. The molecule has 74 valence electrons. The average molecular weight is 193 g/mol. The Morgan fingerprint density at radius 3 is 2.93 bits per heavy atom. The molecule has 0 spiro atoms. The predicted molar refractivity (Wildman–Crippen MR) is 49.5 cm³/mol. The fourth-order valence-electron chi connectivity index (χ4n) is 1.25. The molecule has 5 heteroatoms. The quantitative estimate of drug-likeness (QED) is 0.468. The average Bonchev–Trinajstić information content (AvgIpc) is 2.12. The number of rotatable bonds is 2. The van der Waals surface area contributed by atoms with Crippen molar-refractivity contribution in [3.8, 4) is 0 Å². The Kier molecular flexibility index (Phi) is 2.32. The zero-order chi connectivity index (χ0) is 9.97. The Morgan fingerprint density at radius 1 is 1.57 bits per heavy atom. The van der Waals surface area contributed by atoms with Gasteiger partial charge in [-0.2, -0.15) is 4.73 Å². The van der Waals surface area contributed by atoms with E-state index in [4.69, 9.17) is 0 Å². The van der Waals surface area contributed by atoms with Gasteiger partial charge in [0.05, 0.1) is 6.04 Å². The number of nitrogens with zero attached hydrogens (tertiary/aromatic N) is 1. The van der Waals surface area contributed by atoms with Crippen LogP contribution in [-0.4, -0.2) is 25.0 Å². The molecule has 0 aliphatic carbocycles. The summed E-state index contributed by atoms with van der Waals surface area (Å²) in [5.74, 6) is -0.313. The SMILES string of the molecule is O=C(NC1CNC1)c1cccc[n+]1[O-]. The summed E-state index contributed by atoms with van der Waals surface area (Å²) >= 11 is 0. The normalized spacial score (nSPS) is 16.0. The van der Waals surface area contributed by atoms with Gasteiger partial charge in [-0.3, -0.25) is 4.79 Å². The van der Waals surface area contributed by atoms with Crippen LogP contribution in [0.3, 0.4) is 0 Å². The predicted octanol–water partition coefficient (Wildman–Crippen LogP) is -0.978. The van der Waals surface area contributed by atoms with Gasteiger partial charge in [0.15, 0.2) is 6.20 Å². The first-order valence-electron chi connectivity index (χ1n) is 4.47. The molecular formula is C9H11N3O2. The van der Waals surface area contributed by atoms with E-state index in [0.717, 1.165) is 13.1 Å². The van der Waals surface area contributed by atoms with E-state index in [9.17, 15) is 10.0 Å². The van der Waals surface area contributed by atoms with Crippen LogP contribution in [0.4, 0.5) is 0 Å². The van der Waals surface area contributed by atoms with Crippen molar-refractivity contribution in [1.29, 1.82) is 0 Å². The number of amides is 1. The lowest BCUT2D eigenvalue weighted by molar-refractivity contribution is -0.607. The molecule has 2 N–H and O–H groups in total. The first-order valence-corrected chi connectivity index (χ1v) is 4.47. The molecule has 14 heavy (non-hydrogen) atoms. The maximum absolute atomic E-state index is 11.5. The Morgan fingerprint density at radius 2 is 2.36 bits per heavy atom. The summed E-state index contributed by atoms with van der Waals surface area (Å²) < 4.78 is 0.571. The number of pyridine rings is 1. The van der Waals surface area contributed by atoms with Crippen LogP contribution < -0.4 is 15.4 Å². The third-order valence-corrected chi connectivity index (χ3v) is 2.17. The molecule has 1 saturated heterocycles. The van der Waals surface area contributed by atoms with Crippen LogP contribution in [0.25, 0.3) is 0 Å². The summed E-state index contributed by atoms with van der Waals surface area (Å²) in [5, 5.41) is 17.0. The van der Waals surface area contributed by atoms with Gasteiger partial charge in [-0.25, -0.2) is 0 Å². The van der Waals surface area contributed by atoms with Gasteiger partial charge in [0.25, 0.3) is 5.69 Å². The fraction of sp³-hybridized carbons (Fsp3) is 0.333. The number of nitrogens with one attached hydrogen (secondary N) is 2. The van der Waals surface area contributed by atoms with Crippen LogP contribution >= 0.6 is 0 Å². The van der Waals surface area contributed by atoms with E-state index in [2.05, 4.69) is 10.6 Å². The van der Waals surface area contributed by atoms with Crippen molar-refractivity contribution in [1.82, 2.24) is 10.6 Å². The second-order valence-electron chi connectivity index (χ2n) is 3.24. The van der Waals surface area contributed by atoms with Crippen molar-refractivity contribution < 1.29 is 9.52 Å². The minimum Gasteiger partial charge on any atom is -0.618 e. The van der Waals surface area contributed by atoms with Gasteiger partial charge in [0, 0.05) is 25.2 Å². The fourth-order valence-corrected chi connectivity index (χ4v) is 1.25. The third kappa shape index (κ3) is 1.67. The lowest BCUT2D eigenvalue weighted by atomic mass is 10.2. The summed E-state index contributed by atoms with van der Waals surface area (Å²) in [6.45, 7) is 1.55. The Bertz CT molecular complexity index is 350. The molecule has 2 heterocycles. The van der Waals surface area contributed by atoms with E-state index in [1.165, 1.54) is 12.3 Å². The number of hydrogen-bond donors (Lipinski definition) is 2. The zero-order valence-corrected chi connectivity index (χ0v) is 7.56. The lowest BCUT2D eigenvalue weighted by Crippen LogP contribution is -2.58. The Balaban J connectivity index is 2.06. The number of carbonyl (C=O) groups is 1. The summed E-state index contributed by atoms with van der Waals surface area (Å²) in [5.41, 5.74) is 0.138. The van der Waals surface area contributed by atoms with E-state index in [1.54, 1.807) is 12.1 Å². The maximum atomic E-state index is 11.5. The monoisotopic (exact) mass is 193 g/mol. The maximum Gasteiger partial charge on any atom is 0.317 e. The van der Waals surface area contributed by atoms with Crippen LogP contribution in [0.1, 0.15) is 10.5 Å². The van der Waals surface area contributed by atoms with Crippen molar-refractivity contribution in [3.05, 3.63) is 35.3 Å². The summed E-state index contributed by atoms with van der Waals surface area (Å²) in [4.78, 5) is 11.5. The van der Waals surface area contributed by atoms with Crippen LogP contribution in [0.15, 0.2) is 24.4 Å².